The normalized spacial score (nSPS) is 17.2. The van der Waals surface area contributed by atoms with E-state index in [0.29, 0.717) is 17.5 Å². The maximum Gasteiger partial charge on any atom is 0.172 e. The number of halogens is 2. The fourth-order valence-electron chi connectivity index (χ4n) is 2.40. The molecule has 0 aromatic heterocycles. The Labute approximate surface area is 124 Å². The fraction of sp³-hybridized carbons (Fsp3) is 0.188. The van der Waals surface area contributed by atoms with Gasteiger partial charge in [-0.2, -0.15) is 0 Å². The van der Waals surface area contributed by atoms with E-state index in [1.807, 2.05) is 24.3 Å². The van der Waals surface area contributed by atoms with Crippen molar-refractivity contribution in [2.75, 3.05) is 6.61 Å². The van der Waals surface area contributed by atoms with Gasteiger partial charge in [-0.05, 0) is 36.2 Å². The van der Waals surface area contributed by atoms with Gasteiger partial charge in [0.2, 0.25) is 0 Å². The van der Waals surface area contributed by atoms with E-state index < -0.39 is 5.82 Å². The van der Waals surface area contributed by atoms with Crippen LogP contribution in [0.25, 0.3) is 0 Å². The second-order valence-corrected chi connectivity index (χ2v) is 5.72. The summed E-state index contributed by atoms with van der Waals surface area (Å²) in [5.74, 6) is -0.227. The molecule has 0 saturated heterocycles. The van der Waals surface area contributed by atoms with Gasteiger partial charge in [0.1, 0.15) is 11.6 Å². The Balaban J connectivity index is 1.88. The number of ether oxygens (including phenoxy) is 1. The Morgan fingerprint density at radius 3 is 2.90 bits per heavy atom. The van der Waals surface area contributed by atoms with Gasteiger partial charge in [0.15, 0.2) is 5.78 Å². The molecule has 1 heterocycles. The van der Waals surface area contributed by atoms with Gasteiger partial charge in [-0.15, -0.1) is 0 Å². The summed E-state index contributed by atoms with van der Waals surface area (Å²) in [6.07, 6.45) is 0.584. The highest BCUT2D eigenvalue weighted by Gasteiger charge is 2.28. The highest BCUT2D eigenvalue weighted by Crippen LogP contribution is 2.29. The van der Waals surface area contributed by atoms with E-state index in [1.54, 1.807) is 6.07 Å². The van der Waals surface area contributed by atoms with E-state index in [0.717, 1.165) is 11.3 Å². The van der Waals surface area contributed by atoms with E-state index in [9.17, 15) is 9.18 Å². The van der Waals surface area contributed by atoms with Crippen LogP contribution in [-0.4, -0.2) is 12.4 Å². The van der Waals surface area contributed by atoms with Crippen molar-refractivity contribution in [3.8, 4) is 5.75 Å². The lowest BCUT2D eigenvalue weighted by Crippen LogP contribution is -2.28. The zero-order valence-corrected chi connectivity index (χ0v) is 12.2. The van der Waals surface area contributed by atoms with Crippen molar-refractivity contribution in [2.45, 2.75) is 6.42 Å². The van der Waals surface area contributed by atoms with Crippen LogP contribution in [0.2, 0.25) is 0 Å². The summed E-state index contributed by atoms with van der Waals surface area (Å²) < 4.78 is 20.1. The van der Waals surface area contributed by atoms with Crippen LogP contribution in [-0.2, 0) is 6.42 Å². The number of rotatable bonds is 2. The summed E-state index contributed by atoms with van der Waals surface area (Å²) >= 11 is 3.26. The number of ketones is 1. The minimum atomic E-state index is -0.489. The van der Waals surface area contributed by atoms with Crippen LogP contribution in [0.1, 0.15) is 15.9 Å². The quantitative estimate of drug-likeness (QED) is 0.775. The Kier molecular flexibility index (Phi) is 3.57. The van der Waals surface area contributed by atoms with Crippen molar-refractivity contribution in [1.82, 2.24) is 0 Å². The van der Waals surface area contributed by atoms with E-state index in [4.69, 9.17) is 4.74 Å². The number of carbonyl (C=O) groups excluding carboxylic acids is 1. The van der Waals surface area contributed by atoms with E-state index in [1.165, 1.54) is 12.1 Å². The summed E-state index contributed by atoms with van der Waals surface area (Å²) in [6.45, 7) is 0.293. The number of hydrogen-bond acceptors (Lipinski definition) is 2. The van der Waals surface area contributed by atoms with Crippen molar-refractivity contribution in [3.05, 3.63) is 63.9 Å². The first-order valence-corrected chi connectivity index (χ1v) is 7.14. The van der Waals surface area contributed by atoms with Gasteiger partial charge >= 0.3 is 0 Å². The molecule has 2 aromatic carbocycles. The van der Waals surface area contributed by atoms with Gasteiger partial charge in [-0.25, -0.2) is 4.39 Å². The molecule has 4 heteroatoms. The molecule has 1 atom stereocenters. The fourth-order valence-corrected chi connectivity index (χ4v) is 2.76. The Morgan fingerprint density at radius 1 is 1.25 bits per heavy atom. The standard InChI is InChI=1S/C16H12BrFO2/c17-12-5-6-14(18)13(8-12)16(19)11-7-10-3-1-2-4-15(10)20-9-11/h1-6,8,11H,7,9H2. The highest BCUT2D eigenvalue weighted by molar-refractivity contribution is 9.10. The molecule has 0 radical (unpaired) electrons. The molecule has 102 valence electrons. The van der Waals surface area contributed by atoms with Crippen LogP contribution in [0.4, 0.5) is 4.39 Å². The Bertz CT molecular complexity index is 669. The average molecular weight is 335 g/mol. The topological polar surface area (TPSA) is 26.3 Å². The van der Waals surface area contributed by atoms with E-state index in [2.05, 4.69) is 15.9 Å². The third-order valence-corrected chi connectivity index (χ3v) is 3.94. The zero-order chi connectivity index (χ0) is 14.1. The summed E-state index contributed by atoms with van der Waals surface area (Å²) in [5.41, 5.74) is 1.11. The van der Waals surface area contributed by atoms with Crippen molar-refractivity contribution in [1.29, 1.82) is 0 Å². The summed E-state index contributed by atoms with van der Waals surface area (Å²) in [4.78, 5) is 12.4. The molecular weight excluding hydrogens is 323 g/mol. The molecule has 3 rings (SSSR count). The molecule has 0 fully saturated rings. The molecule has 2 aromatic rings. The summed E-state index contributed by atoms with van der Waals surface area (Å²) in [5, 5.41) is 0. The lowest BCUT2D eigenvalue weighted by molar-refractivity contribution is 0.0851. The Hall–Kier alpha value is -1.68. The van der Waals surface area contributed by atoms with Gasteiger partial charge in [-0.1, -0.05) is 34.1 Å². The maximum absolute atomic E-state index is 13.8. The minimum absolute atomic E-state index is 0.118. The molecular formula is C16H12BrFO2. The smallest absolute Gasteiger partial charge is 0.172 e. The summed E-state index contributed by atoms with van der Waals surface area (Å²) in [7, 11) is 0. The van der Waals surface area contributed by atoms with Crippen LogP contribution in [0, 0.1) is 11.7 Å². The molecule has 0 bridgehead atoms. The monoisotopic (exact) mass is 334 g/mol. The molecule has 20 heavy (non-hydrogen) atoms. The van der Waals surface area contributed by atoms with Crippen molar-refractivity contribution >= 4 is 21.7 Å². The zero-order valence-electron chi connectivity index (χ0n) is 10.6. The first-order valence-electron chi connectivity index (χ1n) is 6.35. The molecule has 0 amide bonds. The van der Waals surface area contributed by atoms with Crippen LogP contribution >= 0.6 is 15.9 Å². The number of hydrogen-bond donors (Lipinski definition) is 0. The SMILES string of the molecule is O=C(c1cc(Br)ccc1F)C1COc2ccccc2C1. The van der Waals surface area contributed by atoms with Gasteiger partial charge in [0, 0.05) is 4.47 Å². The second kappa shape index (κ2) is 5.37. The van der Waals surface area contributed by atoms with Crippen LogP contribution in [0.15, 0.2) is 46.9 Å². The van der Waals surface area contributed by atoms with Crippen LogP contribution in [0.5, 0.6) is 5.75 Å². The third kappa shape index (κ3) is 2.48. The number of fused-ring (bicyclic) bond motifs is 1. The largest absolute Gasteiger partial charge is 0.493 e. The molecule has 1 unspecified atom stereocenters. The third-order valence-electron chi connectivity index (χ3n) is 3.44. The predicted octanol–water partition coefficient (Wildman–Crippen LogP) is 4.02. The lowest BCUT2D eigenvalue weighted by Gasteiger charge is -2.24. The predicted molar refractivity (Wildman–Crippen MR) is 77.6 cm³/mol. The first-order chi connectivity index (χ1) is 9.65. The minimum Gasteiger partial charge on any atom is -0.493 e. The molecule has 1 aliphatic rings. The van der Waals surface area contributed by atoms with Gasteiger partial charge in [-0.3, -0.25) is 4.79 Å². The number of carbonyl (C=O) groups is 1. The number of Topliss-reactive ketones (excluding diaryl/α,β-unsaturated/α-hetero) is 1. The Morgan fingerprint density at radius 2 is 2.05 bits per heavy atom. The van der Waals surface area contributed by atoms with E-state index >= 15 is 0 Å². The molecule has 2 nitrogen and oxygen atoms in total. The molecule has 0 N–H and O–H groups in total. The summed E-state index contributed by atoms with van der Waals surface area (Å²) in [6, 6.07) is 12.0. The molecule has 1 aliphatic heterocycles. The average Bonchev–Trinajstić information content (AvgIpc) is 2.48. The first kappa shape index (κ1) is 13.3. The second-order valence-electron chi connectivity index (χ2n) is 4.81. The molecule has 0 spiro atoms. The van der Waals surface area contributed by atoms with Gasteiger partial charge in [0.05, 0.1) is 18.1 Å². The molecule has 0 saturated carbocycles. The van der Waals surface area contributed by atoms with Gasteiger partial charge in [0.25, 0.3) is 0 Å². The van der Waals surface area contributed by atoms with E-state index in [-0.39, 0.29) is 17.3 Å². The number of para-hydroxylation sites is 1. The van der Waals surface area contributed by atoms with Crippen LogP contribution in [0.3, 0.4) is 0 Å². The van der Waals surface area contributed by atoms with Crippen molar-refractivity contribution in [3.63, 3.8) is 0 Å². The highest BCUT2D eigenvalue weighted by atomic mass is 79.9. The van der Waals surface area contributed by atoms with Gasteiger partial charge < -0.3 is 4.74 Å². The van der Waals surface area contributed by atoms with Crippen LogP contribution < -0.4 is 4.74 Å². The maximum atomic E-state index is 13.8. The van der Waals surface area contributed by atoms with Crippen molar-refractivity contribution in [2.24, 2.45) is 5.92 Å². The van der Waals surface area contributed by atoms with Crippen molar-refractivity contribution < 1.29 is 13.9 Å². The number of benzene rings is 2. The lowest BCUT2D eigenvalue weighted by atomic mass is 9.89. The molecule has 0 aliphatic carbocycles.